The topological polar surface area (TPSA) is 57.1 Å². The summed E-state index contributed by atoms with van der Waals surface area (Å²) in [6.07, 6.45) is 3.49. The number of hydrogen-bond donors (Lipinski definition) is 1. The molecule has 2 aliphatic heterocycles. The zero-order valence-electron chi connectivity index (χ0n) is 17.4. The van der Waals surface area contributed by atoms with Gasteiger partial charge in [-0.2, -0.15) is 0 Å². The van der Waals surface area contributed by atoms with Gasteiger partial charge in [-0.15, -0.1) is 11.8 Å². The SMILES string of the molecule is CSC1=NC2(CCN(C(=O)Nc3ccc(Cl)cc3)CC2)N=C1c1ccc(C)c(C)c1. The molecule has 1 saturated heterocycles. The maximum Gasteiger partial charge on any atom is 0.321 e. The highest BCUT2D eigenvalue weighted by atomic mass is 35.5. The molecule has 0 saturated carbocycles. The zero-order valence-corrected chi connectivity index (χ0v) is 19.0. The lowest BCUT2D eigenvalue weighted by atomic mass is 9.98. The van der Waals surface area contributed by atoms with Gasteiger partial charge in [-0.05, 0) is 61.6 Å². The number of rotatable bonds is 2. The lowest BCUT2D eigenvalue weighted by molar-refractivity contribution is 0.175. The quantitative estimate of drug-likeness (QED) is 0.665. The minimum absolute atomic E-state index is 0.0994. The Bertz CT molecular complexity index is 1020. The van der Waals surface area contributed by atoms with Crippen LogP contribution >= 0.6 is 23.4 Å². The summed E-state index contributed by atoms with van der Waals surface area (Å²) in [4.78, 5) is 24.5. The Morgan fingerprint density at radius 3 is 2.40 bits per heavy atom. The van der Waals surface area contributed by atoms with Crippen LogP contribution in [0.3, 0.4) is 0 Å². The molecular weight excluding hydrogens is 416 g/mol. The average molecular weight is 441 g/mol. The van der Waals surface area contributed by atoms with E-state index in [9.17, 15) is 4.79 Å². The van der Waals surface area contributed by atoms with Gasteiger partial charge in [-0.3, -0.25) is 4.99 Å². The second-order valence-corrected chi connectivity index (χ2v) is 9.02. The van der Waals surface area contributed by atoms with Crippen molar-refractivity contribution in [3.63, 3.8) is 0 Å². The van der Waals surface area contributed by atoms with Crippen molar-refractivity contribution in [2.75, 3.05) is 24.7 Å². The van der Waals surface area contributed by atoms with Gasteiger partial charge >= 0.3 is 6.03 Å². The first-order valence-corrected chi connectivity index (χ1v) is 11.6. The van der Waals surface area contributed by atoms with Gasteiger partial charge in [0.15, 0.2) is 5.66 Å². The number of piperidine rings is 1. The summed E-state index contributed by atoms with van der Waals surface area (Å²) < 4.78 is 0. The first-order chi connectivity index (χ1) is 14.4. The molecule has 1 spiro atoms. The Morgan fingerprint density at radius 2 is 1.77 bits per heavy atom. The van der Waals surface area contributed by atoms with E-state index in [0.29, 0.717) is 18.1 Å². The van der Waals surface area contributed by atoms with Crippen LogP contribution in [-0.4, -0.2) is 46.7 Å². The molecule has 7 heteroatoms. The van der Waals surface area contributed by atoms with Crippen molar-refractivity contribution in [3.8, 4) is 0 Å². The number of carbonyl (C=O) groups is 1. The van der Waals surface area contributed by atoms with Gasteiger partial charge in [0.05, 0.1) is 5.71 Å². The predicted octanol–water partition coefficient (Wildman–Crippen LogP) is 5.55. The molecular formula is C23H25ClN4OS. The number of thioether (sulfide) groups is 1. The molecule has 156 valence electrons. The van der Waals surface area contributed by atoms with Crippen LogP contribution in [0.25, 0.3) is 0 Å². The summed E-state index contributed by atoms with van der Waals surface area (Å²) >= 11 is 7.55. The zero-order chi connectivity index (χ0) is 21.3. The summed E-state index contributed by atoms with van der Waals surface area (Å²) in [7, 11) is 0. The highest BCUT2D eigenvalue weighted by Gasteiger charge is 2.40. The second kappa shape index (κ2) is 8.44. The van der Waals surface area contributed by atoms with Crippen molar-refractivity contribution >= 4 is 45.8 Å². The van der Waals surface area contributed by atoms with Gasteiger partial charge in [0.2, 0.25) is 0 Å². The van der Waals surface area contributed by atoms with Gasteiger partial charge < -0.3 is 10.2 Å². The molecule has 0 aliphatic carbocycles. The van der Waals surface area contributed by atoms with Crippen LogP contribution < -0.4 is 5.32 Å². The Kier molecular flexibility index (Phi) is 5.89. The molecule has 0 unspecified atom stereocenters. The number of halogens is 1. The number of nitrogens with zero attached hydrogens (tertiary/aromatic N) is 3. The summed E-state index contributed by atoms with van der Waals surface area (Å²) in [5, 5.41) is 4.57. The Balaban J connectivity index is 1.47. The smallest absolute Gasteiger partial charge is 0.321 e. The maximum atomic E-state index is 12.6. The van der Waals surface area contributed by atoms with Gasteiger partial charge in [-0.25, -0.2) is 9.79 Å². The third-order valence-electron chi connectivity index (χ3n) is 5.75. The monoisotopic (exact) mass is 440 g/mol. The highest BCUT2D eigenvalue weighted by molar-refractivity contribution is 8.15. The molecule has 1 N–H and O–H groups in total. The molecule has 2 aliphatic rings. The molecule has 5 nitrogen and oxygen atoms in total. The fraction of sp³-hybridized carbons (Fsp3) is 0.348. The van der Waals surface area contributed by atoms with E-state index >= 15 is 0 Å². The molecule has 30 heavy (non-hydrogen) atoms. The molecule has 0 bridgehead atoms. The second-order valence-electron chi connectivity index (χ2n) is 7.79. The molecule has 2 aromatic rings. The predicted molar refractivity (Wildman–Crippen MR) is 127 cm³/mol. The van der Waals surface area contributed by atoms with Gasteiger partial charge in [0.1, 0.15) is 5.04 Å². The lowest BCUT2D eigenvalue weighted by Gasteiger charge is -2.35. The van der Waals surface area contributed by atoms with Crippen molar-refractivity contribution in [2.45, 2.75) is 32.4 Å². The van der Waals surface area contributed by atoms with Crippen LogP contribution in [0.2, 0.25) is 5.02 Å². The lowest BCUT2D eigenvalue weighted by Crippen LogP contribution is -2.46. The van der Waals surface area contributed by atoms with Gasteiger partial charge in [0.25, 0.3) is 0 Å². The van der Waals surface area contributed by atoms with Crippen LogP contribution in [0.15, 0.2) is 52.4 Å². The molecule has 2 aromatic carbocycles. The molecule has 0 aromatic heterocycles. The summed E-state index contributed by atoms with van der Waals surface area (Å²) in [6, 6.07) is 13.5. The normalized spacial score (nSPS) is 17.7. The standard InChI is InChI=1S/C23H25ClN4OS/c1-15-4-5-17(14-16(15)2)20-21(30-3)27-23(26-20)10-12-28(13-11-23)22(29)25-19-8-6-18(24)7-9-19/h4-9,14H,10-13H2,1-3H3,(H,25,29). The number of likely N-dealkylation sites (tertiary alicyclic amines) is 1. The average Bonchev–Trinajstić information content (AvgIpc) is 3.10. The van der Waals surface area contributed by atoms with Gasteiger partial charge in [-0.1, -0.05) is 23.7 Å². The Hall–Kier alpha value is -2.31. The number of amides is 2. The van der Waals surface area contributed by atoms with E-state index in [1.165, 1.54) is 11.1 Å². The van der Waals surface area contributed by atoms with Crippen LogP contribution in [0, 0.1) is 13.8 Å². The van der Waals surface area contributed by atoms with Crippen molar-refractivity contribution < 1.29 is 4.79 Å². The number of hydrogen-bond acceptors (Lipinski definition) is 4. The number of nitrogens with one attached hydrogen (secondary N) is 1. The third-order valence-corrected chi connectivity index (χ3v) is 6.68. The van der Waals surface area contributed by atoms with E-state index in [1.807, 2.05) is 11.2 Å². The Labute approximate surface area is 186 Å². The number of anilines is 1. The van der Waals surface area contributed by atoms with Crippen molar-refractivity contribution in [1.82, 2.24) is 4.90 Å². The third kappa shape index (κ3) is 4.25. The van der Waals surface area contributed by atoms with E-state index in [1.54, 1.807) is 36.0 Å². The van der Waals surface area contributed by atoms with Crippen molar-refractivity contribution in [1.29, 1.82) is 0 Å². The van der Waals surface area contributed by atoms with Crippen LogP contribution in [0.5, 0.6) is 0 Å². The summed E-state index contributed by atoms with van der Waals surface area (Å²) in [6.45, 7) is 5.48. The molecule has 0 radical (unpaired) electrons. The summed E-state index contributed by atoms with van der Waals surface area (Å²) in [5.74, 6) is 0. The van der Waals surface area contributed by atoms with Crippen LogP contribution in [0.4, 0.5) is 10.5 Å². The molecule has 1 fully saturated rings. The van der Waals surface area contributed by atoms with E-state index in [2.05, 4.69) is 37.4 Å². The highest BCUT2D eigenvalue weighted by Crippen LogP contribution is 2.35. The van der Waals surface area contributed by atoms with Crippen molar-refractivity contribution in [2.24, 2.45) is 9.98 Å². The van der Waals surface area contributed by atoms with Gasteiger partial charge in [0, 0.05) is 42.2 Å². The number of urea groups is 1. The van der Waals surface area contributed by atoms with Crippen LogP contribution in [0.1, 0.15) is 29.5 Å². The first kappa shape index (κ1) is 20.9. The number of carbonyl (C=O) groups excluding carboxylic acids is 1. The molecule has 2 amide bonds. The molecule has 4 rings (SSSR count). The first-order valence-electron chi connectivity index (χ1n) is 10.0. The molecule has 0 atom stereocenters. The van der Waals surface area contributed by atoms with Crippen molar-refractivity contribution in [3.05, 3.63) is 64.2 Å². The Morgan fingerprint density at radius 1 is 1.07 bits per heavy atom. The fourth-order valence-electron chi connectivity index (χ4n) is 3.77. The number of benzene rings is 2. The molecule has 2 heterocycles. The number of aryl methyl sites for hydroxylation is 2. The maximum absolute atomic E-state index is 12.6. The van der Waals surface area contributed by atoms with E-state index < -0.39 is 5.66 Å². The minimum Gasteiger partial charge on any atom is -0.324 e. The van der Waals surface area contributed by atoms with E-state index in [4.69, 9.17) is 21.6 Å². The largest absolute Gasteiger partial charge is 0.324 e. The number of aliphatic imine (C=N–C) groups is 2. The summed E-state index contributed by atoms with van der Waals surface area (Å²) in [5.41, 5.74) is 4.91. The minimum atomic E-state index is -0.455. The van der Waals surface area contributed by atoms with Crippen LogP contribution in [-0.2, 0) is 0 Å². The fourth-order valence-corrected chi connectivity index (χ4v) is 4.51. The van der Waals surface area contributed by atoms with E-state index in [-0.39, 0.29) is 6.03 Å². The van der Waals surface area contributed by atoms with E-state index in [0.717, 1.165) is 34.8 Å².